The molecular weight excluding hydrogens is 350 g/mol. The zero-order chi connectivity index (χ0) is 20.1. The number of nitrogens with one attached hydrogen (secondary N) is 1. The van der Waals surface area contributed by atoms with Gasteiger partial charge in [-0.2, -0.15) is 0 Å². The summed E-state index contributed by atoms with van der Waals surface area (Å²) in [5, 5.41) is 3.95. The summed E-state index contributed by atoms with van der Waals surface area (Å²) in [7, 11) is 1.93. The molecule has 148 valence electrons. The molecule has 0 aliphatic rings. The Hall–Kier alpha value is -2.73. The normalized spacial score (nSPS) is 11.3. The zero-order valence-corrected chi connectivity index (χ0v) is 17.2. The maximum Gasteiger partial charge on any atom is 0.252 e. The fourth-order valence-corrected chi connectivity index (χ4v) is 3.39. The van der Waals surface area contributed by atoms with Crippen molar-refractivity contribution in [3.63, 3.8) is 0 Å². The molecule has 2 aromatic heterocycles. The van der Waals surface area contributed by atoms with E-state index in [0.29, 0.717) is 17.8 Å². The molecule has 0 saturated carbocycles. The van der Waals surface area contributed by atoms with Crippen molar-refractivity contribution < 1.29 is 4.79 Å². The lowest BCUT2D eigenvalue weighted by molar-refractivity contribution is 0.0953. The number of amides is 1. The standard InChI is InChI=1S/C22H29N5O/c1-5-27(6-2)12-7-10-24-22(28)18-15-20(21-23-11-13-26(21)4)25-19-9-8-16(3)14-17(18)19/h8-9,11,13-15H,5-7,10,12H2,1-4H3,(H,24,28). The number of carbonyl (C=O) groups excluding carboxylic acids is 1. The van der Waals surface area contributed by atoms with E-state index in [1.54, 1.807) is 6.20 Å². The lowest BCUT2D eigenvalue weighted by Crippen LogP contribution is -2.30. The van der Waals surface area contributed by atoms with Gasteiger partial charge in [0.15, 0.2) is 5.82 Å². The van der Waals surface area contributed by atoms with Gasteiger partial charge in [0.25, 0.3) is 5.91 Å². The second-order valence-electron chi connectivity index (χ2n) is 7.07. The Morgan fingerprint density at radius 3 is 2.68 bits per heavy atom. The molecule has 0 spiro atoms. The number of aryl methyl sites for hydroxylation is 2. The van der Waals surface area contributed by atoms with Gasteiger partial charge in [0.05, 0.1) is 11.1 Å². The molecule has 28 heavy (non-hydrogen) atoms. The van der Waals surface area contributed by atoms with Crippen LogP contribution in [0.15, 0.2) is 36.7 Å². The average molecular weight is 380 g/mol. The molecule has 1 aromatic carbocycles. The molecule has 3 aromatic rings. The van der Waals surface area contributed by atoms with E-state index < -0.39 is 0 Å². The summed E-state index contributed by atoms with van der Waals surface area (Å²) in [5.74, 6) is 0.686. The monoisotopic (exact) mass is 379 g/mol. The van der Waals surface area contributed by atoms with Gasteiger partial charge in [0.1, 0.15) is 5.69 Å². The van der Waals surface area contributed by atoms with E-state index in [1.807, 2.05) is 49.0 Å². The topological polar surface area (TPSA) is 63.1 Å². The third kappa shape index (κ3) is 4.39. The van der Waals surface area contributed by atoms with E-state index >= 15 is 0 Å². The highest BCUT2D eigenvalue weighted by Crippen LogP contribution is 2.24. The van der Waals surface area contributed by atoms with Crippen molar-refractivity contribution in [3.8, 4) is 11.5 Å². The number of pyridine rings is 1. The summed E-state index contributed by atoms with van der Waals surface area (Å²) < 4.78 is 1.91. The van der Waals surface area contributed by atoms with Crippen LogP contribution < -0.4 is 5.32 Å². The molecule has 6 heteroatoms. The number of nitrogens with zero attached hydrogens (tertiary/aromatic N) is 4. The Labute approximate surface area is 166 Å². The van der Waals surface area contributed by atoms with Crippen molar-refractivity contribution >= 4 is 16.8 Å². The largest absolute Gasteiger partial charge is 0.352 e. The third-order valence-electron chi connectivity index (χ3n) is 5.09. The molecule has 3 rings (SSSR count). The number of carbonyl (C=O) groups is 1. The van der Waals surface area contributed by atoms with E-state index in [1.165, 1.54) is 0 Å². The maximum atomic E-state index is 13.0. The SMILES string of the molecule is CCN(CC)CCCNC(=O)c1cc(-c2nccn2C)nc2ccc(C)cc12. The number of imidazole rings is 1. The Bertz CT molecular complexity index is 959. The summed E-state index contributed by atoms with van der Waals surface area (Å²) in [6, 6.07) is 7.86. The lowest BCUT2D eigenvalue weighted by atomic mass is 10.0. The van der Waals surface area contributed by atoms with Gasteiger partial charge in [-0.05, 0) is 51.2 Å². The number of rotatable bonds is 8. The molecule has 0 bridgehead atoms. The van der Waals surface area contributed by atoms with Crippen LogP contribution in [0.25, 0.3) is 22.4 Å². The second kappa shape index (κ2) is 8.97. The van der Waals surface area contributed by atoms with Crippen LogP contribution in [0, 0.1) is 6.92 Å². The first kappa shape index (κ1) is 20.0. The van der Waals surface area contributed by atoms with Gasteiger partial charge in [0.2, 0.25) is 0 Å². The van der Waals surface area contributed by atoms with Crippen LogP contribution in [0.5, 0.6) is 0 Å². The summed E-state index contributed by atoms with van der Waals surface area (Å²) in [4.78, 5) is 24.5. The summed E-state index contributed by atoms with van der Waals surface area (Å²) in [5.41, 5.74) is 3.26. The van der Waals surface area contributed by atoms with Crippen molar-refractivity contribution in [1.82, 2.24) is 24.8 Å². The van der Waals surface area contributed by atoms with E-state index in [2.05, 4.69) is 29.0 Å². The van der Waals surface area contributed by atoms with Crippen molar-refractivity contribution in [2.24, 2.45) is 7.05 Å². The van der Waals surface area contributed by atoms with Gasteiger partial charge in [-0.15, -0.1) is 0 Å². The highest BCUT2D eigenvalue weighted by atomic mass is 16.1. The van der Waals surface area contributed by atoms with Crippen molar-refractivity contribution in [3.05, 3.63) is 47.8 Å². The zero-order valence-electron chi connectivity index (χ0n) is 17.2. The van der Waals surface area contributed by atoms with Crippen LogP contribution in [0.3, 0.4) is 0 Å². The Morgan fingerprint density at radius 1 is 1.21 bits per heavy atom. The van der Waals surface area contributed by atoms with Gasteiger partial charge in [-0.1, -0.05) is 25.5 Å². The molecule has 6 nitrogen and oxygen atoms in total. The van der Waals surface area contributed by atoms with E-state index in [4.69, 9.17) is 4.98 Å². The first-order chi connectivity index (χ1) is 13.5. The summed E-state index contributed by atoms with van der Waals surface area (Å²) in [6.45, 7) is 10.1. The third-order valence-corrected chi connectivity index (χ3v) is 5.09. The van der Waals surface area contributed by atoms with E-state index in [9.17, 15) is 4.79 Å². The van der Waals surface area contributed by atoms with Crippen LogP contribution in [-0.2, 0) is 7.05 Å². The minimum Gasteiger partial charge on any atom is -0.352 e. The minimum atomic E-state index is -0.0620. The summed E-state index contributed by atoms with van der Waals surface area (Å²) in [6.07, 6.45) is 4.55. The predicted octanol–water partition coefficient (Wildman–Crippen LogP) is 3.41. The molecule has 0 saturated heterocycles. The molecule has 2 heterocycles. The minimum absolute atomic E-state index is 0.0620. The van der Waals surface area contributed by atoms with Crippen LogP contribution in [-0.4, -0.2) is 51.5 Å². The van der Waals surface area contributed by atoms with Crippen molar-refractivity contribution in [1.29, 1.82) is 0 Å². The number of hydrogen-bond donors (Lipinski definition) is 1. The van der Waals surface area contributed by atoms with Crippen LogP contribution in [0.4, 0.5) is 0 Å². The number of aromatic nitrogens is 3. The van der Waals surface area contributed by atoms with Gasteiger partial charge < -0.3 is 14.8 Å². The molecular formula is C22H29N5O. The van der Waals surface area contributed by atoms with Crippen LogP contribution in [0.2, 0.25) is 0 Å². The van der Waals surface area contributed by atoms with Crippen LogP contribution >= 0.6 is 0 Å². The Balaban J connectivity index is 1.87. The smallest absolute Gasteiger partial charge is 0.252 e. The first-order valence-electron chi connectivity index (χ1n) is 9.93. The van der Waals surface area contributed by atoms with Gasteiger partial charge in [0, 0.05) is 31.4 Å². The van der Waals surface area contributed by atoms with Gasteiger partial charge in [-0.3, -0.25) is 4.79 Å². The highest BCUT2D eigenvalue weighted by molar-refractivity contribution is 6.07. The number of fused-ring (bicyclic) bond motifs is 1. The molecule has 1 amide bonds. The first-order valence-corrected chi connectivity index (χ1v) is 9.93. The molecule has 0 unspecified atom stereocenters. The summed E-state index contributed by atoms with van der Waals surface area (Å²) >= 11 is 0. The van der Waals surface area contributed by atoms with Crippen LogP contribution in [0.1, 0.15) is 36.2 Å². The molecule has 0 aliphatic carbocycles. The van der Waals surface area contributed by atoms with E-state index in [-0.39, 0.29) is 5.91 Å². The fraction of sp³-hybridized carbons (Fsp3) is 0.409. The molecule has 0 aliphatic heterocycles. The highest BCUT2D eigenvalue weighted by Gasteiger charge is 2.16. The second-order valence-corrected chi connectivity index (χ2v) is 7.07. The Kier molecular flexibility index (Phi) is 6.41. The fourth-order valence-electron chi connectivity index (χ4n) is 3.39. The number of benzene rings is 1. The predicted molar refractivity (Wildman–Crippen MR) is 113 cm³/mol. The van der Waals surface area contributed by atoms with Gasteiger partial charge >= 0.3 is 0 Å². The quantitative estimate of drug-likeness (QED) is 0.609. The lowest BCUT2D eigenvalue weighted by Gasteiger charge is -2.17. The van der Waals surface area contributed by atoms with Crippen molar-refractivity contribution in [2.75, 3.05) is 26.2 Å². The maximum absolute atomic E-state index is 13.0. The van der Waals surface area contributed by atoms with E-state index in [0.717, 1.165) is 48.3 Å². The van der Waals surface area contributed by atoms with Gasteiger partial charge in [-0.25, -0.2) is 9.97 Å². The molecule has 1 N–H and O–H groups in total. The molecule has 0 radical (unpaired) electrons. The molecule has 0 atom stereocenters. The number of hydrogen-bond acceptors (Lipinski definition) is 4. The van der Waals surface area contributed by atoms with Crippen molar-refractivity contribution in [2.45, 2.75) is 27.2 Å². The average Bonchev–Trinajstić information content (AvgIpc) is 3.13. The Morgan fingerprint density at radius 2 is 2.00 bits per heavy atom. The molecule has 0 fully saturated rings.